The Morgan fingerprint density at radius 1 is 1.00 bits per heavy atom. The predicted molar refractivity (Wildman–Crippen MR) is 132 cm³/mol. The molecule has 0 saturated carbocycles. The van der Waals surface area contributed by atoms with Gasteiger partial charge >= 0.3 is 0 Å². The molecule has 2 amide bonds. The van der Waals surface area contributed by atoms with E-state index in [9.17, 15) is 9.59 Å². The molecule has 2 aromatic carbocycles. The molecule has 180 valence electrons. The minimum Gasteiger partial charge on any atom is -0.497 e. The Hall–Kier alpha value is -2.73. The van der Waals surface area contributed by atoms with Gasteiger partial charge in [0.1, 0.15) is 17.5 Å². The number of benzene rings is 2. The molecule has 2 aromatic rings. The third-order valence-corrected chi connectivity index (χ3v) is 5.77. The SMILES string of the molecule is CC[C@H](C)NC(=O)[C@H](CC)N(Cc1ccc(OC)cc1)C(=O)CCCOc1ccc(Cl)cc1. The number of ether oxygens (including phenoxy) is 2. The number of carbonyl (C=O) groups excluding carboxylic acids is 2. The summed E-state index contributed by atoms with van der Waals surface area (Å²) < 4.78 is 10.9. The number of carbonyl (C=O) groups is 2. The van der Waals surface area contributed by atoms with Gasteiger partial charge in [-0.1, -0.05) is 37.6 Å². The van der Waals surface area contributed by atoms with E-state index in [2.05, 4.69) is 5.32 Å². The van der Waals surface area contributed by atoms with Crippen LogP contribution in [0.3, 0.4) is 0 Å². The first-order chi connectivity index (χ1) is 15.9. The molecule has 0 aliphatic heterocycles. The van der Waals surface area contributed by atoms with Crippen molar-refractivity contribution >= 4 is 23.4 Å². The van der Waals surface area contributed by atoms with Crippen LogP contribution in [0.2, 0.25) is 5.02 Å². The quantitative estimate of drug-likeness (QED) is 0.403. The number of halogens is 1. The van der Waals surface area contributed by atoms with Crippen molar-refractivity contribution in [2.75, 3.05) is 13.7 Å². The van der Waals surface area contributed by atoms with Crippen LogP contribution in [-0.2, 0) is 16.1 Å². The topological polar surface area (TPSA) is 67.9 Å². The summed E-state index contributed by atoms with van der Waals surface area (Å²) in [4.78, 5) is 27.9. The molecular formula is C26H35ClN2O4. The monoisotopic (exact) mass is 474 g/mol. The standard InChI is InChI=1S/C26H35ClN2O4/c1-5-19(3)28-26(31)24(6-2)29(18-20-9-13-22(32-4)14-10-20)25(30)8-7-17-33-23-15-11-21(27)12-16-23/h9-16,19,24H,5-8,17-18H2,1-4H3,(H,28,31)/t19-,24-/m0/s1. The summed E-state index contributed by atoms with van der Waals surface area (Å²) >= 11 is 5.90. The van der Waals surface area contributed by atoms with E-state index in [0.29, 0.717) is 36.8 Å². The minimum absolute atomic E-state index is 0.0530. The Labute approximate surface area is 202 Å². The molecule has 0 bridgehead atoms. The molecule has 0 aliphatic rings. The van der Waals surface area contributed by atoms with Gasteiger partial charge in [-0.15, -0.1) is 0 Å². The third kappa shape index (κ3) is 8.61. The van der Waals surface area contributed by atoms with Crippen LogP contribution in [0.25, 0.3) is 0 Å². The molecule has 0 heterocycles. The van der Waals surface area contributed by atoms with E-state index < -0.39 is 6.04 Å². The first-order valence-electron chi connectivity index (χ1n) is 11.5. The van der Waals surface area contributed by atoms with E-state index in [1.54, 1.807) is 36.3 Å². The van der Waals surface area contributed by atoms with Gasteiger partial charge in [-0.05, 0) is 68.1 Å². The first kappa shape index (κ1) is 26.5. The lowest BCUT2D eigenvalue weighted by Crippen LogP contribution is -2.50. The van der Waals surface area contributed by atoms with E-state index in [1.807, 2.05) is 45.0 Å². The van der Waals surface area contributed by atoms with Crippen molar-refractivity contribution in [3.8, 4) is 11.5 Å². The zero-order chi connectivity index (χ0) is 24.2. The smallest absolute Gasteiger partial charge is 0.243 e. The number of hydrogen-bond donors (Lipinski definition) is 1. The molecule has 0 spiro atoms. The van der Waals surface area contributed by atoms with Gasteiger partial charge in [0.05, 0.1) is 13.7 Å². The van der Waals surface area contributed by atoms with Crippen LogP contribution in [0.5, 0.6) is 11.5 Å². The lowest BCUT2D eigenvalue weighted by Gasteiger charge is -2.31. The van der Waals surface area contributed by atoms with Crippen LogP contribution in [0.1, 0.15) is 52.0 Å². The summed E-state index contributed by atoms with van der Waals surface area (Å²) in [5.41, 5.74) is 0.941. The summed E-state index contributed by atoms with van der Waals surface area (Å²) in [6.07, 6.45) is 2.20. The number of hydrogen-bond acceptors (Lipinski definition) is 4. The van der Waals surface area contributed by atoms with E-state index >= 15 is 0 Å². The molecule has 0 aromatic heterocycles. The molecule has 0 aliphatic carbocycles. The van der Waals surface area contributed by atoms with Crippen molar-refractivity contribution in [2.24, 2.45) is 0 Å². The maximum absolute atomic E-state index is 13.2. The second kappa shape index (κ2) is 13.7. The van der Waals surface area contributed by atoms with Gasteiger partial charge in [-0.3, -0.25) is 9.59 Å². The fraction of sp³-hybridized carbons (Fsp3) is 0.462. The van der Waals surface area contributed by atoms with E-state index in [4.69, 9.17) is 21.1 Å². The summed E-state index contributed by atoms with van der Waals surface area (Å²) in [7, 11) is 1.61. The molecule has 0 saturated heterocycles. The third-order valence-electron chi connectivity index (χ3n) is 5.52. The Morgan fingerprint density at radius 3 is 2.21 bits per heavy atom. The van der Waals surface area contributed by atoms with Gasteiger partial charge in [-0.25, -0.2) is 0 Å². The number of methoxy groups -OCH3 is 1. The first-order valence-corrected chi connectivity index (χ1v) is 11.9. The van der Waals surface area contributed by atoms with Gasteiger partial charge in [0.2, 0.25) is 11.8 Å². The van der Waals surface area contributed by atoms with Gasteiger partial charge < -0.3 is 19.7 Å². The Kier molecular flexibility index (Phi) is 11.0. The fourth-order valence-corrected chi connectivity index (χ4v) is 3.50. The number of amides is 2. The predicted octanol–water partition coefficient (Wildman–Crippen LogP) is 5.23. The van der Waals surface area contributed by atoms with Crippen LogP contribution in [0.4, 0.5) is 0 Å². The zero-order valence-electron chi connectivity index (χ0n) is 20.0. The van der Waals surface area contributed by atoms with Crippen LogP contribution >= 0.6 is 11.6 Å². The maximum atomic E-state index is 13.2. The van der Waals surface area contributed by atoms with Gasteiger partial charge in [0.15, 0.2) is 0 Å². The Morgan fingerprint density at radius 2 is 1.64 bits per heavy atom. The zero-order valence-corrected chi connectivity index (χ0v) is 20.7. The average Bonchev–Trinajstić information content (AvgIpc) is 2.82. The largest absolute Gasteiger partial charge is 0.497 e. The molecule has 1 N–H and O–H groups in total. The molecule has 2 rings (SSSR count). The van der Waals surface area contributed by atoms with Crippen molar-refractivity contribution in [3.05, 3.63) is 59.1 Å². The summed E-state index contributed by atoms with van der Waals surface area (Å²) in [6, 6.07) is 14.2. The molecule has 6 nitrogen and oxygen atoms in total. The highest BCUT2D eigenvalue weighted by Crippen LogP contribution is 2.19. The summed E-state index contributed by atoms with van der Waals surface area (Å²) in [5.74, 6) is 1.27. The average molecular weight is 475 g/mol. The molecule has 0 unspecified atom stereocenters. The van der Waals surface area contributed by atoms with Crippen LogP contribution in [0.15, 0.2) is 48.5 Å². The highest BCUT2D eigenvalue weighted by atomic mass is 35.5. The molecular weight excluding hydrogens is 440 g/mol. The molecule has 33 heavy (non-hydrogen) atoms. The van der Waals surface area contributed by atoms with Gasteiger partial charge in [0.25, 0.3) is 0 Å². The molecule has 0 fully saturated rings. The second-order valence-electron chi connectivity index (χ2n) is 8.02. The normalized spacial score (nSPS) is 12.5. The fourth-order valence-electron chi connectivity index (χ4n) is 3.38. The number of nitrogens with one attached hydrogen (secondary N) is 1. The maximum Gasteiger partial charge on any atom is 0.243 e. The van der Waals surface area contributed by atoms with E-state index in [-0.39, 0.29) is 24.3 Å². The highest BCUT2D eigenvalue weighted by molar-refractivity contribution is 6.30. The van der Waals surface area contributed by atoms with Crippen molar-refractivity contribution in [1.29, 1.82) is 0 Å². The highest BCUT2D eigenvalue weighted by Gasteiger charge is 2.28. The van der Waals surface area contributed by atoms with Gasteiger partial charge in [0, 0.05) is 24.0 Å². The number of rotatable bonds is 13. The number of nitrogens with zero attached hydrogens (tertiary/aromatic N) is 1. The minimum atomic E-state index is -0.536. The van der Waals surface area contributed by atoms with Crippen molar-refractivity contribution in [3.63, 3.8) is 0 Å². The second-order valence-corrected chi connectivity index (χ2v) is 8.45. The summed E-state index contributed by atoms with van der Waals surface area (Å²) in [5, 5.41) is 3.67. The van der Waals surface area contributed by atoms with Crippen molar-refractivity contribution in [2.45, 2.75) is 65.1 Å². The molecule has 2 atom stereocenters. The Bertz CT molecular complexity index is 871. The van der Waals surface area contributed by atoms with Crippen LogP contribution in [-0.4, -0.2) is 42.5 Å². The summed E-state index contributed by atoms with van der Waals surface area (Å²) in [6.45, 7) is 6.67. The van der Waals surface area contributed by atoms with Crippen LogP contribution in [0, 0.1) is 0 Å². The lowest BCUT2D eigenvalue weighted by molar-refractivity contribution is -0.141. The van der Waals surface area contributed by atoms with Crippen molar-refractivity contribution < 1.29 is 19.1 Å². The molecule has 7 heteroatoms. The van der Waals surface area contributed by atoms with Crippen molar-refractivity contribution in [1.82, 2.24) is 10.2 Å². The van der Waals surface area contributed by atoms with Gasteiger partial charge in [-0.2, -0.15) is 0 Å². The lowest BCUT2D eigenvalue weighted by atomic mass is 10.1. The molecule has 0 radical (unpaired) electrons. The van der Waals surface area contributed by atoms with E-state index in [0.717, 1.165) is 17.7 Å². The van der Waals surface area contributed by atoms with E-state index in [1.165, 1.54) is 0 Å². The Balaban J connectivity index is 2.07. The van der Waals surface area contributed by atoms with Crippen LogP contribution < -0.4 is 14.8 Å².